The Kier molecular flexibility index (Phi) is 5.49. The largest absolute Gasteiger partial charge is 0.369 e. The summed E-state index contributed by atoms with van der Waals surface area (Å²) in [4.78, 5) is 2.47. The van der Waals surface area contributed by atoms with Gasteiger partial charge in [0, 0.05) is 18.3 Å². The number of hydrogen-bond acceptors (Lipinski definition) is 2. The van der Waals surface area contributed by atoms with E-state index in [0.29, 0.717) is 6.04 Å². The van der Waals surface area contributed by atoms with Crippen LogP contribution in [0.4, 0.5) is 5.69 Å². The summed E-state index contributed by atoms with van der Waals surface area (Å²) in [6.07, 6.45) is 2.15. The first-order valence-corrected chi connectivity index (χ1v) is 6.66. The van der Waals surface area contributed by atoms with E-state index in [2.05, 4.69) is 50.8 Å². The fourth-order valence-corrected chi connectivity index (χ4v) is 2.26. The van der Waals surface area contributed by atoms with E-state index >= 15 is 0 Å². The van der Waals surface area contributed by atoms with Crippen LogP contribution in [0.25, 0.3) is 0 Å². The van der Waals surface area contributed by atoms with Crippen LogP contribution in [0, 0.1) is 6.92 Å². The second-order valence-electron chi connectivity index (χ2n) is 4.95. The normalized spacial score (nSPS) is 10.9. The molecule has 0 atom stereocenters. The average Bonchev–Trinajstić information content (AvgIpc) is 2.27. The van der Waals surface area contributed by atoms with Crippen LogP contribution in [0.5, 0.6) is 0 Å². The fourth-order valence-electron chi connectivity index (χ4n) is 2.26. The summed E-state index contributed by atoms with van der Waals surface area (Å²) in [5, 5.41) is 0. The molecule has 0 aliphatic rings. The lowest BCUT2D eigenvalue weighted by Gasteiger charge is -2.30. The molecular formula is C15H26N2. The molecule has 2 heteroatoms. The molecule has 0 unspecified atom stereocenters. The Labute approximate surface area is 106 Å². The van der Waals surface area contributed by atoms with Crippen molar-refractivity contribution in [3.05, 3.63) is 29.3 Å². The maximum absolute atomic E-state index is 5.59. The molecule has 0 amide bonds. The molecule has 1 rings (SSSR count). The van der Waals surface area contributed by atoms with Gasteiger partial charge in [-0.25, -0.2) is 0 Å². The highest BCUT2D eigenvalue weighted by molar-refractivity contribution is 5.55. The Morgan fingerprint density at radius 1 is 1.29 bits per heavy atom. The molecular weight excluding hydrogens is 208 g/mol. The SMILES string of the molecule is CCCN(c1ccc(CCN)cc1C)C(C)C. The number of rotatable bonds is 6. The molecule has 0 bridgehead atoms. The van der Waals surface area contributed by atoms with E-state index < -0.39 is 0 Å². The van der Waals surface area contributed by atoms with Gasteiger partial charge in [-0.2, -0.15) is 0 Å². The minimum Gasteiger partial charge on any atom is -0.369 e. The number of benzene rings is 1. The number of nitrogens with two attached hydrogens (primary N) is 1. The minimum absolute atomic E-state index is 0.550. The molecule has 2 nitrogen and oxygen atoms in total. The lowest BCUT2D eigenvalue weighted by molar-refractivity contribution is 0.669. The maximum Gasteiger partial charge on any atom is 0.0398 e. The fraction of sp³-hybridized carbons (Fsp3) is 0.600. The molecule has 0 aromatic heterocycles. The van der Waals surface area contributed by atoms with Crippen molar-refractivity contribution in [2.24, 2.45) is 5.73 Å². The number of anilines is 1. The molecule has 0 radical (unpaired) electrons. The van der Waals surface area contributed by atoms with E-state index in [1.54, 1.807) is 0 Å². The molecule has 0 saturated carbocycles. The summed E-state index contributed by atoms with van der Waals surface area (Å²) in [6, 6.07) is 7.28. The van der Waals surface area contributed by atoms with Gasteiger partial charge < -0.3 is 10.6 Å². The highest BCUT2D eigenvalue weighted by Crippen LogP contribution is 2.23. The number of nitrogens with zero attached hydrogens (tertiary/aromatic N) is 1. The van der Waals surface area contributed by atoms with Crippen molar-refractivity contribution < 1.29 is 0 Å². The van der Waals surface area contributed by atoms with Gasteiger partial charge in [0.15, 0.2) is 0 Å². The zero-order valence-corrected chi connectivity index (χ0v) is 11.7. The third kappa shape index (κ3) is 3.74. The van der Waals surface area contributed by atoms with Gasteiger partial charge in [0.1, 0.15) is 0 Å². The van der Waals surface area contributed by atoms with E-state index in [0.717, 1.165) is 19.5 Å². The lowest BCUT2D eigenvalue weighted by Crippen LogP contribution is -2.32. The molecule has 0 spiro atoms. The quantitative estimate of drug-likeness (QED) is 0.819. The summed E-state index contributed by atoms with van der Waals surface area (Å²) in [7, 11) is 0. The predicted molar refractivity (Wildman–Crippen MR) is 76.7 cm³/mol. The van der Waals surface area contributed by atoms with E-state index in [4.69, 9.17) is 5.73 Å². The smallest absolute Gasteiger partial charge is 0.0398 e. The molecule has 2 N–H and O–H groups in total. The molecule has 0 saturated heterocycles. The van der Waals surface area contributed by atoms with Gasteiger partial charge in [0.2, 0.25) is 0 Å². The first-order valence-electron chi connectivity index (χ1n) is 6.66. The van der Waals surface area contributed by atoms with Crippen molar-refractivity contribution in [1.82, 2.24) is 0 Å². The van der Waals surface area contributed by atoms with Gasteiger partial charge in [-0.3, -0.25) is 0 Å². The van der Waals surface area contributed by atoms with Gasteiger partial charge in [-0.05, 0) is 57.4 Å². The van der Waals surface area contributed by atoms with Crippen molar-refractivity contribution in [1.29, 1.82) is 0 Å². The van der Waals surface area contributed by atoms with Crippen molar-refractivity contribution in [2.75, 3.05) is 18.0 Å². The Morgan fingerprint density at radius 3 is 2.47 bits per heavy atom. The van der Waals surface area contributed by atoms with Gasteiger partial charge in [0.05, 0.1) is 0 Å². The molecule has 0 fully saturated rings. The highest BCUT2D eigenvalue weighted by Gasteiger charge is 2.11. The van der Waals surface area contributed by atoms with Gasteiger partial charge >= 0.3 is 0 Å². The summed E-state index contributed by atoms with van der Waals surface area (Å²) in [5.41, 5.74) is 9.66. The van der Waals surface area contributed by atoms with Crippen LogP contribution < -0.4 is 10.6 Å². The Balaban J connectivity index is 2.95. The highest BCUT2D eigenvalue weighted by atomic mass is 15.1. The zero-order chi connectivity index (χ0) is 12.8. The minimum atomic E-state index is 0.550. The molecule has 0 aliphatic carbocycles. The van der Waals surface area contributed by atoms with E-state index in [1.807, 2.05) is 0 Å². The Hall–Kier alpha value is -1.02. The second kappa shape index (κ2) is 6.65. The van der Waals surface area contributed by atoms with Crippen LogP contribution in [0.15, 0.2) is 18.2 Å². The second-order valence-corrected chi connectivity index (χ2v) is 4.95. The van der Waals surface area contributed by atoms with Crippen molar-refractivity contribution in [3.63, 3.8) is 0 Å². The summed E-state index contributed by atoms with van der Waals surface area (Å²) >= 11 is 0. The third-order valence-corrected chi connectivity index (χ3v) is 3.09. The number of hydrogen-bond donors (Lipinski definition) is 1. The van der Waals surface area contributed by atoms with Crippen LogP contribution in [-0.2, 0) is 6.42 Å². The van der Waals surface area contributed by atoms with Crippen molar-refractivity contribution in [3.8, 4) is 0 Å². The first kappa shape index (κ1) is 14.0. The van der Waals surface area contributed by atoms with Crippen LogP contribution in [-0.4, -0.2) is 19.1 Å². The molecule has 96 valence electrons. The van der Waals surface area contributed by atoms with Crippen LogP contribution >= 0.6 is 0 Å². The Morgan fingerprint density at radius 2 is 2.00 bits per heavy atom. The van der Waals surface area contributed by atoms with Crippen LogP contribution in [0.2, 0.25) is 0 Å². The zero-order valence-electron chi connectivity index (χ0n) is 11.7. The van der Waals surface area contributed by atoms with E-state index in [-0.39, 0.29) is 0 Å². The van der Waals surface area contributed by atoms with Gasteiger partial charge in [-0.15, -0.1) is 0 Å². The maximum atomic E-state index is 5.59. The van der Waals surface area contributed by atoms with Crippen LogP contribution in [0.3, 0.4) is 0 Å². The first-order chi connectivity index (χ1) is 8.10. The van der Waals surface area contributed by atoms with Crippen molar-refractivity contribution in [2.45, 2.75) is 46.6 Å². The summed E-state index contributed by atoms with van der Waals surface area (Å²) in [5.74, 6) is 0. The molecule has 17 heavy (non-hydrogen) atoms. The van der Waals surface area contributed by atoms with Gasteiger partial charge in [0.25, 0.3) is 0 Å². The summed E-state index contributed by atoms with van der Waals surface area (Å²) in [6.45, 7) is 10.8. The predicted octanol–water partition coefficient (Wildman–Crippen LogP) is 3.12. The lowest BCUT2D eigenvalue weighted by atomic mass is 10.1. The molecule has 1 aromatic carbocycles. The molecule has 1 aromatic rings. The monoisotopic (exact) mass is 234 g/mol. The topological polar surface area (TPSA) is 29.3 Å². The van der Waals surface area contributed by atoms with Gasteiger partial charge in [-0.1, -0.05) is 19.1 Å². The number of aryl methyl sites for hydroxylation is 1. The average molecular weight is 234 g/mol. The van der Waals surface area contributed by atoms with E-state index in [1.165, 1.54) is 23.2 Å². The summed E-state index contributed by atoms with van der Waals surface area (Å²) < 4.78 is 0. The van der Waals surface area contributed by atoms with Crippen LogP contribution in [0.1, 0.15) is 38.3 Å². The molecule has 0 heterocycles. The van der Waals surface area contributed by atoms with Crippen molar-refractivity contribution >= 4 is 5.69 Å². The van der Waals surface area contributed by atoms with E-state index in [9.17, 15) is 0 Å². The molecule has 0 aliphatic heterocycles. The Bertz CT molecular complexity index is 345. The standard InChI is InChI=1S/C15H26N2/c1-5-10-17(12(2)3)15-7-6-14(8-9-16)11-13(15)4/h6-7,11-12H,5,8-10,16H2,1-4H3. The third-order valence-electron chi connectivity index (χ3n) is 3.09.